The molecule has 0 spiro atoms. The number of anilines is 1. The van der Waals surface area contributed by atoms with Crippen molar-refractivity contribution in [2.24, 2.45) is 0 Å². The van der Waals surface area contributed by atoms with E-state index in [1.807, 2.05) is 48.5 Å². The summed E-state index contributed by atoms with van der Waals surface area (Å²) in [6.45, 7) is 0. The van der Waals surface area contributed by atoms with Gasteiger partial charge < -0.3 is 10.1 Å². The zero-order chi connectivity index (χ0) is 16.2. The summed E-state index contributed by atoms with van der Waals surface area (Å²) >= 11 is 4.84. The Kier molecular flexibility index (Phi) is 4.73. The molecule has 4 nitrogen and oxygen atoms in total. The van der Waals surface area contributed by atoms with Gasteiger partial charge in [-0.1, -0.05) is 12.1 Å². The second kappa shape index (κ2) is 6.93. The van der Waals surface area contributed by atoms with Crippen LogP contribution >= 0.6 is 27.3 Å². The molecule has 3 rings (SSSR count). The SMILES string of the molecule is COc1ccc(-c2nc(C(=O)Nc3ccccc3Br)cs2)cc1. The lowest BCUT2D eigenvalue weighted by atomic mass is 10.2. The molecule has 0 saturated carbocycles. The average molecular weight is 389 g/mol. The first-order valence-electron chi connectivity index (χ1n) is 6.83. The predicted octanol–water partition coefficient (Wildman–Crippen LogP) is 4.83. The number of amides is 1. The molecule has 1 N–H and O–H groups in total. The molecule has 0 aliphatic carbocycles. The number of rotatable bonds is 4. The predicted molar refractivity (Wildman–Crippen MR) is 96.2 cm³/mol. The fourth-order valence-electron chi connectivity index (χ4n) is 1.99. The van der Waals surface area contributed by atoms with Crippen LogP contribution in [0, 0.1) is 0 Å². The molecule has 0 unspecified atom stereocenters. The number of hydrogen-bond donors (Lipinski definition) is 1. The Bertz CT molecular complexity index is 831. The molecule has 1 amide bonds. The van der Waals surface area contributed by atoms with Gasteiger partial charge in [-0.3, -0.25) is 4.79 Å². The Morgan fingerprint density at radius 2 is 1.91 bits per heavy atom. The van der Waals surface area contributed by atoms with Crippen molar-refractivity contribution in [1.29, 1.82) is 0 Å². The van der Waals surface area contributed by atoms with Crippen LogP contribution in [0.5, 0.6) is 5.75 Å². The van der Waals surface area contributed by atoms with Crippen molar-refractivity contribution in [1.82, 2.24) is 4.98 Å². The van der Waals surface area contributed by atoms with Crippen molar-refractivity contribution in [2.45, 2.75) is 0 Å². The van der Waals surface area contributed by atoms with E-state index in [2.05, 4.69) is 26.2 Å². The zero-order valence-electron chi connectivity index (χ0n) is 12.2. The quantitative estimate of drug-likeness (QED) is 0.695. The lowest BCUT2D eigenvalue weighted by Gasteiger charge is -2.05. The van der Waals surface area contributed by atoms with E-state index in [4.69, 9.17) is 4.74 Å². The van der Waals surface area contributed by atoms with Crippen LogP contribution in [-0.2, 0) is 0 Å². The maximum Gasteiger partial charge on any atom is 0.275 e. The number of para-hydroxylation sites is 1. The lowest BCUT2D eigenvalue weighted by Crippen LogP contribution is -2.12. The van der Waals surface area contributed by atoms with Crippen LogP contribution in [0.2, 0.25) is 0 Å². The molecule has 0 aliphatic rings. The fourth-order valence-corrected chi connectivity index (χ4v) is 3.18. The number of carbonyl (C=O) groups excluding carboxylic acids is 1. The molecule has 0 radical (unpaired) electrons. The van der Waals surface area contributed by atoms with Crippen LogP contribution in [0.15, 0.2) is 58.4 Å². The number of aromatic nitrogens is 1. The maximum atomic E-state index is 12.3. The number of nitrogens with one attached hydrogen (secondary N) is 1. The van der Waals surface area contributed by atoms with E-state index in [1.165, 1.54) is 11.3 Å². The van der Waals surface area contributed by atoms with Gasteiger partial charge in [0.15, 0.2) is 0 Å². The van der Waals surface area contributed by atoms with Crippen molar-refractivity contribution in [3.63, 3.8) is 0 Å². The molecule has 0 fully saturated rings. The second-order valence-corrected chi connectivity index (χ2v) is 6.41. The summed E-state index contributed by atoms with van der Waals surface area (Å²) in [5, 5.41) is 5.40. The number of ether oxygens (including phenoxy) is 1. The smallest absolute Gasteiger partial charge is 0.275 e. The van der Waals surface area contributed by atoms with E-state index >= 15 is 0 Å². The van der Waals surface area contributed by atoms with Gasteiger partial charge in [0.1, 0.15) is 16.5 Å². The molecular formula is C17H13BrN2O2S. The van der Waals surface area contributed by atoms with Crippen LogP contribution in [0.1, 0.15) is 10.5 Å². The fraction of sp³-hybridized carbons (Fsp3) is 0.0588. The Labute approximate surface area is 146 Å². The monoisotopic (exact) mass is 388 g/mol. The molecular weight excluding hydrogens is 376 g/mol. The highest BCUT2D eigenvalue weighted by Crippen LogP contribution is 2.27. The highest BCUT2D eigenvalue weighted by molar-refractivity contribution is 9.10. The molecule has 0 aliphatic heterocycles. The van der Waals surface area contributed by atoms with E-state index in [9.17, 15) is 4.79 Å². The molecule has 3 aromatic rings. The van der Waals surface area contributed by atoms with Gasteiger partial charge in [-0.15, -0.1) is 11.3 Å². The second-order valence-electron chi connectivity index (χ2n) is 4.70. The molecule has 1 aromatic heterocycles. The third kappa shape index (κ3) is 3.60. The number of carbonyl (C=O) groups is 1. The van der Waals surface area contributed by atoms with Crippen LogP contribution in [-0.4, -0.2) is 18.0 Å². The van der Waals surface area contributed by atoms with E-state index in [0.717, 1.165) is 26.5 Å². The van der Waals surface area contributed by atoms with Gasteiger partial charge in [-0.05, 0) is 52.3 Å². The number of methoxy groups -OCH3 is 1. The molecule has 23 heavy (non-hydrogen) atoms. The van der Waals surface area contributed by atoms with E-state index in [0.29, 0.717) is 5.69 Å². The van der Waals surface area contributed by atoms with Gasteiger partial charge in [0, 0.05) is 15.4 Å². The minimum atomic E-state index is -0.229. The van der Waals surface area contributed by atoms with Gasteiger partial charge in [-0.2, -0.15) is 0 Å². The number of nitrogens with zero attached hydrogens (tertiary/aromatic N) is 1. The lowest BCUT2D eigenvalue weighted by molar-refractivity contribution is 0.102. The van der Waals surface area contributed by atoms with E-state index < -0.39 is 0 Å². The molecule has 0 bridgehead atoms. The standard InChI is InChI=1S/C17H13BrN2O2S/c1-22-12-8-6-11(7-9-12)17-20-15(10-23-17)16(21)19-14-5-3-2-4-13(14)18/h2-10H,1H3,(H,19,21). The Morgan fingerprint density at radius 3 is 2.61 bits per heavy atom. The van der Waals surface area contributed by atoms with Crippen molar-refractivity contribution in [3.05, 3.63) is 64.1 Å². The van der Waals surface area contributed by atoms with Gasteiger partial charge >= 0.3 is 0 Å². The maximum absolute atomic E-state index is 12.3. The summed E-state index contributed by atoms with van der Waals surface area (Å²) in [4.78, 5) is 16.7. The van der Waals surface area contributed by atoms with Crippen molar-refractivity contribution < 1.29 is 9.53 Å². The zero-order valence-corrected chi connectivity index (χ0v) is 14.6. The van der Waals surface area contributed by atoms with Gasteiger partial charge in [0.05, 0.1) is 12.8 Å². The van der Waals surface area contributed by atoms with Crippen LogP contribution in [0.3, 0.4) is 0 Å². The largest absolute Gasteiger partial charge is 0.497 e. The van der Waals surface area contributed by atoms with Crippen LogP contribution in [0.25, 0.3) is 10.6 Å². The van der Waals surface area contributed by atoms with Crippen molar-refractivity contribution in [2.75, 3.05) is 12.4 Å². The first-order chi connectivity index (χ1) is 11.2. The van der Waals surface area contributed by atoms with E-state index in [-0.39, 0.29) is 5.91 Å². The third-order valence-corrected chi connectivity index (χ3v) is 4.78. The van der Waals surface area contributed by atoms with Gasteiger partial charge in [-0.25, -0.2) is 4.98 Å². The summed E-state index contributed by atoms with van der Waals surface area (Å²) in [7, 11) is 1.63. The highest BCUT2D eigenvalue weighted by Gasteiger charge is 2.13. The van der Waals surface area contributed by atoms with E-state index in [1.54, 1.807) is 12.5 Å². The Balaban J connectivity index is 1.78. The number of hydrogen-bond acceptors (Lipinski definition) is 4. The minimum Gasteiger partial charge on any atom is -0.497 e. The first-order valence-corrected chi connectivity index (χ1v) is 8.50. The average Bonchev–Trinajstić information content (AvgIpc) is 3.07. The summed E-state index contributed by atoms with van der Waals surface area (Å²) in [6.07, 6.45) is 0. The summed E-state index contributed by atoms with van der Waals surface area (Å²) in [5.41, 5.74) is 2.07. The first kappa shape index (κ1) is 15.7. The number of thiazole rings is 1. The molecule has 116 valence electrons. The van der Waals surface area contributed by atoms with Crippen LogP contribution < -0.4 is 10.1 Å². The molecule has 0 saturated heterocycles. The Morgan fingerprint density at radius 1 is 1.17 bits per heavy atom. The van der Waals surface area contributed by atoms with Crippen molar-refractivity contribution >= 4 is 38.9 Å². The third-order valence-electron chi connectivity index (χ3n) is 3.20. The molecule has 1 heterocycles. The summed E-state index contributed by atoms with van der Waals surface area (Å²) in [5.74, 6) is 0.560. The minimum absolute atomic E-state index is 0.229. The highest BCUT2D eigenvalue weighted by atomic mass is 79.9. The molecule has 2 aromatic carbocycles. The molecule has 0 atom stereocenters. The topological polar surface area (TPSA) is 51.2 Å². The molecule has 6 heteroatoms. The normalized spacial score (nSPS) is 10.3. The van der Waals surface area contributed by atoms with Gasteiger partial charge in [0.2, 0.25) is 0 Å². The number of benzene rings is 2. The van der Waals surface area contributed by atoms with Crippen LogP contribution in [0.4, 0.5) is 5.69 Å². The van der Waals surface area contributed by atoms with Gasteiger partial charge in [0.25, 0.3) is 5.91 Å². The summed E-state index contributed by atoms with van der Waals surface area (Å²) < 4.78 is 5.97. The van der Waals surface area contributed by atoms with Crippen molar-refractivity contribution in [3.8, 4) is 16.3 Å². The summed E-state index contributed by atoms with van der Waals surface area (Å²) in [6, 6.07) is 15.1. The number of halogens is 1. The Hall–Kier alpha value is -2.18.